The molecule has 2 aliphatic rings. The van der Waals surface area contributed by atoms with E-state index in [9.17, 15) is 14.4 Å². The number of carbonyl (C=O) groups excluding carboxylic acids is 3. The van der Waals surface area contributed by atoms with Crippen molar-refractivity contribution in [2.75, 3.05) is 48.3 Å². The van der Waals surface area contributed by atoms with Crippen molar-refractivity contribution in [1.29, 1.82) is 0 Å². The van der Waals surface area contributed by atoms with Crippen molar-refractivity contribution in [2.45, 2.75) is 12.8 Å². The van der Waals surface area contributed by atoms with Crippen LogP contribution in [0.3, 0.4) is 0 Å². The molecule has 1 N–H and O–H groups in total. The summed E-state index contributed by atoms with van der Waals surface area (Å²) in [6.45, 7) is 3.97. The van der Waals surface area contributed by atoms with Gasteiger partial charge in [0.05, 0.1) is 15.9 Å². The van der Waals surface area contributed by atoms with E-state index in [-0.39, 0.29) is 30.6 Å². The van der Waals surface area contributed by atoms with Crippen LogP contribution in [0.25, 0.3) is 10.2 Å². The molecular formula is C23H23N5O3S. The highest BCUT2D eigenvalue weighted by Gasteiger charge is 2.30. The van der Waals surface area contributed by atoms with E-state index < -0.39 is 0 Å². The Labute approximate surface area is 189 Å². The minimum Gasteiger partial charge on any atom is -0.345 e. The number of nitrogens with one attached hydrogen (secondary N) is 1. The van der Waals surface area contributed by atoms with Crippen LogP contribution in [0, 0.1) is 0 Å². The zero-order chi connectivity index (χ0) is 22.2. The second-order valence-corrected chi connectivity index (χ2v) is 9.10. The first-order valence-electron chi connectivity index (χ1n) is 10.6. The van der Waals surface area contributed by atoms with Gasteiger partial charge in [-0.1, -0.05) is 11.3 Å². The molecular weight excluding hydrogens is 426 g/mol. The largest absolute Gasteiger partial charge is 0.345 e. The Morgan fingerprint density at radius 1 is 0.969 bits per heavy atom. The molecule has 8 nitrogen and oxygen atoms in total. The average molecular weight is 450 g/mol. The lowest BCUT2D eigenvalue weighted by atomic mass is 10.1. The molecule has 0 spiro atoms. The number of rotatable bonds is 4. The lowest BCUT2D eigenvalue weighted by molar-refractivity contribution is -0.121. The Bertz CT molecular complexity index is 1180. The first-order valence-corrected chi connectivity index (χ1v) is 11.4. The van der Waals surface area contributed by atoms with Gasteiger partial charge in [0.2, 0.25) is 11.8 Å². The van der Waals surface area contributed by atoms with Crippen molar-refractivity contribution in [2.24, 2.45) is 0 Å². The fraction of sp³-hybridized carbons (Fsp3) is 0.304. The van der Waals surface area contributed by atoms with Gasteiger partial charge in [-0.2, -0.15) is 0 Å². The number of benzene rings is 2. The van der Waals surface area contributed by atoms with E-state index in [4.69, 9.17) is 4.98 Å². The van der Waals surface area contributed by atoms with Gasteiger partial charge in [0.1, 0.15) is 0 Å². The van der Waals surface area contributed by atoms with Crippen LogP contribution in [0.5, 0.6) is 0 Å². The van der Waals surface area contributed by atoms with Crippen LogP contribution >= 0.6 is 11.3 Å². The van der Waals surface area contributed by atoms with Crippen molar-refractivity contribution in [3.63, 3.8) is 0 Å². The number of imide groups is 1. The summed E-state index contributed by atoms with van der Waals surface area (Å²) in [5.74, 6) is -0.666. The molecule has 0 aliphatic carbocycles. The molecule has 0 radical (unpaired) electrons. The maximum atomic E-state index is 12.7. The number of carbonyl (C=O) groups is 3. The molecule has 0 atom stereocenters. The SMILES string of the molecule is CN1CCN(c2nc3ccc(NC(=O)c4ccc(N5C(=O)CCC5=O)cc4)cc3s2)CC1. The molecule has 0 saturated carbocycles. The van der Waals surface area contributed by atoms with Crippen molar-refractivity contribution >= 4 is 55.8 Å². The Morgan fingerprint density at radius 2 is 1.66 bits per heavy atom. The standard InChI is InChI=1S/C23H23N5O3S/c1-26-10-12-27(13-11-26)23-25-18-7-4-16(14-19(18)32-23)24-22(31)15-2-5-17(6-3-15)28-20(29)8-9-21(28)30/h2-7,14H,8-13H2,1H3,(H,24,31). The summed E-state index contributed by atoms with van der Waals surface area (Å²) >= 11 is 1.63. The smallest absolute Gasteiger partial charge is 0.255 e. The summed E-state index contributed by atoms with van der Waals surface area (Å²) in [4.78, 5) is 47.0. The maximum Gasteiger partial charge on any atom is 0.255 e. The van der Waals surface area contributed by atoms with Crippen LogP contribution < -0.4 is 15.1 Å². The number of likely N-dealkylation sites (N-methyl/N-ethyl adjacent to an activating group) is 1. The molecule has 9 heteroatoms. The van der Waals surface area contributed by atoms with Crippen LogP contribution in [0.15, 0.2) is 42.5 Å². The Balaban J connectivity index is 1.29. The van der Waals surface area contributed by atoms with Crippen LogP contribution in [0.1, 0.15) is 23.2 Å². The van der Waals surface area contributed by atoms with Crippen molar-refractivity contribution in [1.82, 2.24) is 9.88 Å². The maximum absolute atomic E-state index is 12.7. The highest BCUT2D eigenvalue weighted by molar-refractivity contribution is 7.22. The fourth-order valence-corrected chi connectivity index (χ4v) is 5.01. The minimum absolute atomic E-state index is 0.207. The molecule has 3 aromatic rings. The minimum atomic E-state index is -0.251. The molecule has 2 aromatic carbocycles. The predicted octanol–water partition coefficient (Wildman–Crippen LogP) is 2.95. The van der Waals surface area contributed by atoms with E-state index in [0.29, 0.717) is 16.9 Å². The van der Waals surface area contributed by atoms with Crippen molar-refractivity contribution in [3.8, 4) is 0 Å². The van der Waals surface area contributed by atoms with E-state index in [1.54, 1.807) is 35.6 Å². The second kappa shape index (κ2) is 8.33. The van der Waals surface area contributed by atoms with E-state index in [0.717, 1.165) is 41.5 Å². The van der Waals surface area contributed by atoms with E-state index in [1.165, 1.54) is 4.90 Å². The summed E-state index contributed by atoms with van der Waals surface area (Å²) in [5.41, 5.74) is 2.57. The van der Waals surface area contributed by atoms with Gasteiger partial charge >= 0.3 is 0 Å². The molecule has 1 aromatic heterocycles. The Kier molecular flexibility index (Phi) is 5.36. The van der Waals surface area contributed by atoms with Crippen LogP contribution in [-0.4, -0.2) is 60.8 Å². The number of fused-ring (bicyclic) bond motifs is 1. The van der Waals surface area contributed by atoms with Gasteiger partial charge in [0.25, 0.3) is 5.91 Å². The highest BCUT2D eigenvalue weighted by atomic mass is 32.1. The summed E-state index contributed by atoms with van der Waals surface area (Å²) in [6.07, 6.45) is 0.468. The second-order valence-electron chi connectivity index (χ2n) is 8.09. The monoisotopic (exact) mass is 449 g/mol. The molecule has 5 rings (SSSR count). The Hall–Kier alpha value is -3.30. The topological polar surface area (TPSA) is 85.8 Å². The van der Waals surface area contributed by atoms with Gasteiger partial charge < -0.3 is 15.1 Å². The number of hydrogen-bond donors (Lipinski definition) is 1. The van der Waals surface area contributed by atoms with Gasteiger partial charge in [0.15, 0.2) is 5.13 Å². The van der Waals surface area contributed by atoms with Gasteiger partial charge in [-0.3, -0.25) is 19.3 Å². The zero-order valence-electron chi connectivity index (χ0n) is 17.7. The number of amides is 3. The number of aromatic nitrogens is 1. The number of thiazole rings is 1. The zero-order valence-corrected chi connectivity index (χ0v) is 18.5. The molecule has 0 unspecified atom stereocenters. The molecule has 3 amide bonds. The number of anilines is 3. The molecule has 164 valence electrons. The summed E-state index contributed by atoms with van der Waals surface area (Å²) < 4.78 is 1.03. The first-order chi connectivity index (χ1) is 15.5. The van der Waals surface area contributed by atoms with E-state index >= 15 is 0 Å². The molecule has 2 saturated heterocycles. The third-order valence-electron chi connectivity index (χ3n) is 5.85. The van der Waals surface area contributed by atoms with Crippen LogP contribution in [0.2, 0.25) is 0 Å². The number of hydrogen-bond acceptors (Lipinski definition) is 7. The average Bonchev–Trinajstić information content (AvgIpc) is 3.36. The quantitative estimate of drug-likeness (QED) is 0.617. The summed E-state index contributed by atoms with van der Waals surface area (Å²) in [7, 11) is 2.13. The Morgan fingerprint density at radius 3 is 2.34 bits per heavy atom. The number of piperazine rings is 1. The van der Waals surface area contributed by atoms with Crippen molar-refractivity contribution < 1.29 is 14.4 Å². The number of nitrogens with zero attached hydrogens (tertiary/aromatic N) is 4. The van der Waals surface area contributed by atoms with E-state index in [2.05, 4.69) is 22.2 Å². The third kappa shape index (κ3) is 3.96. The molecule has 32 heavy (non-hydrogen) atoms. The first kappa shape index (κ1) is 20.6. The third-order valence-corrected chi connectivity index (χ3v) is 6.93. The van der Waals surface area contributed by atoms with Gasteiger partial charge in [-0.25, -0.2) is 4.98 Å². The highest BCUT2D eigenvalue weighted by Crippen LogP contribution is 2.31. The predicted molar refractivity (Wildman–Crippen MR) is 125 cm³/mol. The van der Waals surface area contributed by atoms with Gasteiger partial charge in [0, 0.05) is 50.3 Å². The molecule has 2 aliphatic heterocycles. The van der Waals surface area contributed by atoms with Crippen LogP contribution in [-0.2, 0) is 9.59 Å². The fourth-order valence-electron chi connectivity index (χ4n) is 3.95. The normalized spacial score (nSPS) is 17.4. The summed E-state index contributed by atoms with van der Waals surface area (Å²) in [6, 6.07) is 12.2. The molecule has 3 heterocycles. The van der Waals surface area contributed by atoms with Crippen molar-refractivity contribution in [3.05, 3.63) is 48.0 Å². The van der Waals surface area contributed by atoms with Crippen LogP contribution in [0.4, 0.5) is 16.5 Å². The lowest BCUT2D eigenvalue weighted by Crippen LogP contribution is -2.44. The molecule has 0 bridgehead atoms. The van der Waals surface area contributed by atoms with E-state index in [1.807, 2.05) is 18.2 Å². The summed E-state index contributed by atoms with van der Waals surface area (Å²) in [5, 5.41) is 3.94. The molecule has 2 fully saturated rings. The van der Waals surface area contributed by atoms with Gasteiger partial charge in [-0.05, 0) is 49.5 Å². The van der Waals surface area contributed by atoms with Gasteiger partial charge in [-0.15, -0.1) is 0 Å². The lowest BCUT2D eigenvalue weighted by Gasteiger charge is -2.31.